The van der Waals surface area contributed by atoms with E-state index in [4.69, 9.17) is 9.47 Å². The lowest BCUT2D eigenvalue weighted by Crippen LogP contribution is -2.13. The van der Waals surface area contributed by atoms with Gasteiger partial charge in [0, 0.05) is 13.2 Å². The predicted octanol–water partition coefficient (Wildman–Crippen LogP) is 4.31. The first-order chi connectivity index (χ1) is 9.38. The summed E-state index contributed by atoms with van der Waals surface area (Å²) in [6.45, 7) is 4.79. The van der Waals surface area contributed by atoms with E-state index in [-0.39, 0.29) is 0 Å². The molecule has 0 unspecified atom stereocenters. The summed E-state index contributed by atoms with van der Waals surface area (Å²) >= 11 is 0. The molecule has 1 saturated heterocycles. The molecule has 2 heteroatoms. The molecule has 1 aliphatic heterocycles. The molecule has 0 amide bonds. The van der Waals surface area contributed by atoms with Gasteiger partial charge in [-0.2, -0.15) is 0 Å². The normalized spacial score (nSPS) is 16.9. The standard InChI is InChI=1S/C17H24O2/c1-2-3-12-19-17-8-6-15(7-9-17)4-5-16-10-13-18-14-11-16/h4-9,16H,2-3,10-14H2,1H3/b5-4-. The Bertz CT molecular complexity index is 375. The fourth-order valence-corrected chi connectivity index (χ4v) is 2.16. The third kappa shape index (κ3) is 5.07. The summed E-state index contributed by atoms with van der Waals surface area (Å²) in [5.74, 6) is 1.64. The molecule has 2 nitrogen and oxygen atoms in total. The van der Waals surface area contributed by atoms with Crippen LogP contribution in [0.3, 0.4) is 0 Å². The molecule has 1 aromatic rings. The number of allylic oxidation sites excluding steroid dienone is 1. The lowest BCUT2D eigenvalue weighted by atomic mass is 9.99. The molecule has 0 aliphatic carbocycles. The van der Waals surface area contributed by atoms with E-state index in [0.717, 1.165) is 44.8 Å². The minimum Gasteiger partial charge on any atom is -0.494 e. The van der Waals surface area contributed by atoms with Crippen LogP contribution in [0.15, 0.2) is 30.3 Å². The zero-order chi connectivity index (χ0) is 13.3. The van der Waals surface area contributed by atoms with Crippen molar-refractivity contribution in [3.63, 3.8) is 0 Å². The number of rotatable bonds is 6. The minimum atomic E-state index is 0.675. The molecule has 0 aromatic heterocycles. The Hall–Kier alpha value is -1.28. The van der Waals surface area contributed by atoms with E-state index < -0.39 is 0 Å². The summed E-state index contributed by atoms with van der Waals surface area (Å²) in [4.78, 5) is 0. The molecule has 1 aromatic carbocycles. The molecule has 0 atom stereocenters. The van der Waals surface area contributed by atoms with E-state index in [0.29, 0.717) is 5.92 Å². The van der Waals surface area contributed by atoms with Crippen molar-refractivity contribution in [2.75, 3.05) is 19.8 Å². The van der Waals surface area contributed by atoms with Crippen molar-refractivity contribution in [3.05, 3.63) is 35.9 Å². The van der Waals surface area contributed by atoms with E-state index in [1.54, 1.807) is 0 Å². The van der Waals surface area contributed by atoms with Gasteiger partial charge in [-0.25, -0.2) is 0 Å². The quantitative estimate of drug-likeness (QED) is 0.710. The van der Waals surface area contributed by atoms with Gasteiger partial charge in [0.2, 0.25) is 0 Å². The van der Waals surface area contributed by atoms with Crippen LogP contribution in [-0.2, 0) is 4.74 Å². The van der Waals surface area contributed by atoms with E-state index in [1.807, 2.05) is 0 Å². The van der Waals surface area contributed by atoms with Gasteiger partial charge in [-0.05, 0) is 42.9 Å². The van der Waals surface area contributed by atoms with Crippen LogP contribution in [-0.4, -0.2) is 19.8 Å². The number of benzene rings is 1. The van der Waals surface area contributed by atoms with Crippen LogP contribution in [0.4, 0.5) is 0 Å². The van der Waals surface area contributed by atoms with Crippen molar-refractivity contribution in [3.8, 4) is 5.75 Å². The van der Waals surface area contributed by atoms with Gasteiger partial charge in [-0.3, -0.25) is 0 Å². The van der Waals surface area contributed by atoms with Gasteiger partial charge >= 0.3 is 0 Å². The first-order valence-corrected chi connectivity index (χ1v) is 7.37. The zero-order valence-corrected chi connectivity index (χ0v) is 11.8. The Kier molecular flexibility index (Phi) is 5.96. The highest BCUT2D eigenvalue weighted by atomic mass is 16.5. The van der Waals surface area contributed by atoms with Gasteiger partial charge in [-0.1, -0.05) is 37.6 Å². The maximum atomic E-state index is 5.66. The Morgan fingerprint density at radius 3 is 2.63 bits per heavy atom. The van der Waals surface area contributed by atoms with E-state index >= 15 is 0 Å². The van der Waals surface area contributed by atoms with Crippen molar-refractivity contribution in [2.45, 2.75) is 32.6 Å². The fourth-order valence-electron chi connectivity index (χ4n) is 2.16. The molecule has 1 aliphatic rings. The van der Waals surface area contributed by atoms with Crippen molar-refractivity contribution >= 4 is 6.08 Å². The summed E-state index contributed by atoms with van der Waals surface area (Å²) in [6, 6.07) is 8.35. The van der Waals surface area contributed by atoms with Crippen molar-refractivity contribution in [1.29, 1.82) is 0 Å². The van der Waals surface area contributed by atoms with Gasteiger partial charge in [0.15, 0.2) is 0 Å². The van der Waals surface area contributed by atoms with Gasteiger partial charge in [0.05, 0.1) is 6.61 Å². The van der Waals surface area contributed by atoms with Crippen molar-refractivity contribution < 1.29 is 9.47 Å². The highest BCUT2D eigenvalue weighted by Gasteiger charge is 2.09. The highest BCUT2D eigenvalue weighted by Crippen LogP contribution is 2.19. The average Bonchev–Trinajstić information content (AvgIpc) is 2.48. The predicted molar refractivity (Wildman–Crippen MR) is 79.4 cm³/mol. The minimum absolute atomic E-state index is 0.675. The van der Waals surface area contributed by atoms with Gasteiger partial charge in [0.1, 0.15) is 5.75 Å². The molecule has 0 spiro atoms. The Morgan fingerprint density at radius 2 is 1.95 bits per heavy atom. The summed E-state index contributed by atoms with van der Waals surface area (Å²) in [5.41, 5.74) is 1.24. The SMILES string of the molecule is CCCCOc1ccc(/C=C\C2CCOCC2)cc1. The Morgan fingerprint density at radius 1 is 1.21 bits per heavy atom. The summed E-state index contributed by atoms with van der Waals surface area (Å²) in [7, 11) is 0. The maximum absolute atomic E-state index is 5.66. The van der Waals surface area contributed by atoms with Crippen LogP contribution >= 0.6 is 0 Å². The van der Waals surface area contributed by atoms with E-state index in [2.05, 4.69) is 43.3 Å². The lowest BCUT2D eigenvalue weighted by molar-refractivity contribution is 0.0787. The molecular formula is C17H24O2. The lowest BCUT2D eigenvalue weighted by Gasteiger charge is -2.18. The molecule has 19 heavy (non-hydrogen) atoms. The third-order valence-corrected chi connectivity index (χ3v) is 3.47. The zero-order valence-electron chi connectivity index (χ0n) is 11.8. The fraction of sp³-hybridized carbons (Fsp3) is 0.529. The Labute approximate surface area is 116 Å². The number of hydrogen-bond acceptors (Lipinski definition) is 2. The first-order valence-electron chi connectivity index (χ1n) is 7.37. The first kappa shape index (κ1) is 14.1. The van der Waals surface area contributed by atoms with Crippen LogP contribution in [0.1, 0.15) is 38.2 Å². The second-order valence-corrected chi connectivity index (χ2v) is 5.08. The van der Waals surface area contributed by atoms with E-state index in [1.165, 1.54) is 12.0 Å². The third-order valence-electron chi connectivity index (χ3n) is 3.47. The molecule has 0 bridgehead atoms. The molecule has 0 radical (unpaired) electrons. The smallest absolute Gasteiger partial charge is 0.119 e. The largest absolute Gasteiger partial charge is 0.494 e. The number of hydrogen-bond donors (Lipinski definition) is 0. The second kappa shape index (κ2) is 8.00. The van der Waals surface area contributed by atoms with Gasteiger partial charge < -0.3 is 9.47 Å². The number of unbranched alkanes of at least 4 members (excludes halogenated alkanes) is 1. The molecule has 2 rings (SSSR count). The van der Waals surface area contributed by atoms with Crippen LogP contribution < -0.4 is 4.74 Å². The van der Waals surface area contributed by atoms with Crippen molar-refractivity contribution in [1.82, 2.24) is 0 Å². The van der Waals surface area contributed by atoms with Crippen molar-refractivity contribution in [2.24, 2.45) is 5.92 Å². The summed E-state index contributed by atoms with van der Waals surface area (Å²) < 4.78 is 11.0. The van der Waals surface area contributed by atoms with Crippen LogP contribution in [0.25, 0.3) is 6.08 Å². The number of ether oxygens (including phenoxy) is 2. The highest BCUT2D eigenvalue weighted by molar-refractivity contribution is 5.50. The molecule has 0 saturated carbocycles. The monoisotopic (exact) mass is 260 g/mol. The molecule has 1 fully saturated rings. The van der Waals surface area contributed by atoms with Crippen LogP contribution in [0.2, 0.25) is 0 Å². The maximum Gasteiger partial charge on any atom is 0.119 e. The van der Waals surface area contributed by atoms with Gasteiger partial charge in [-0.15, -0.1) is 0 Å². The second-order valence-electron chi connectivity index (χ2n) is 5.08. The summed E-state index contributed by atoms with van der Waals surface area (Å²) in [6.07, 6.45) is 9.11. The average molecular weight is 260 g/mol. The van der Waals surface area contributed by atoms with Crippen LogP contribution in [0.5, 0.6) is 5.75 Å². The Balaban J connectivity index is 1.82. The van der Waals surface area contributed by atoms with Crippen LogP contribution in [0, 0.1) is 5.92 Å². The molecule has 0 N–H and O–H groups in total. The molecule has 104 valence electrons. The summed E-state index contributed by atoms with van der Waals surface area (Å²) in [5, 5.41) is 0. The van der Waals surface area contributed by atoms with Gasteiger partial charge in [0.25, 0.3) is 0 Å². The van der Waals surface area contributed by atoms with E-state index in [9.17, 15) is 0 Å². The topological polar surface area (TPSA) is 18.5 Å². The molecule has 1 heterocycles. The molecular weight excluding hydrogens is 236 g/mol.